The molecule has 4 heteroatoms. The van der Waals surface area contributed by atoms with Crippen LogP contribution < -0.4 is 0 Å². The first-order valence-corrected chi connectivity index (χ1v) is 7.79. The first kappa shape index (κ1) is 12.2. The second-order valence-electron chi connectivity index (χ2n) is 3.66. The van der Waals surface area contributed by atoms with Crippen LogP contribution in [0.3, 0.4) is 0 Å². The van der Waals surface area contributed by atoms with Crippen LogP contribution in [-0.2, 0) is 9.84 Å². The monoisotopic (exact) mass is 264 g/mol. The van der Waals surface area contributed by atoms with Gasteiger partial charge in [-0.25, -0.2) is 8.42 Å². The summed E-state index contributed by atoms with van der Waals surface area (Å²) >= 11 is 1.61. The zero-order valence-corrected chi connectivity index (χ0v) is 11.0. The fourth-order valence-corrected chi connectivity index (χ4v) is 2.85. The molecule has 0 fully saturated rings. The highest BCUT2D eigenvalue weighted by molar-refractivity contribution is 7.99. The van der Waals surface area contributed by atoms with E-state index in [1.807, 2.05) is 42.5 Å². The van der Waals surface area contributed by atoms with E-state index < -0.39 is 9.84 Å². The molecular formula is C13H12O2S2. The number of rotatable bonds is 3. The quantitative estimate of drug-likeness (QED) is 0.853. The van der Waals surface area contributed by atoms with E-state index in [2.05, 4.69) is 0 Å². The van der Waals surface area contributed by atoms with Crippen molar-refractivity contribution in [2.45, 2.75) is 14.7 Å². The molecule has 2 aromatic rings. The van der Waals surface area contributed by atoms with Crippen molar-refractivity contribution < 1.29 is 8.42 Å². The molecule has 0 saturated heterocycles. The summed E-state index contributed by atoms with van der Waals surface area (Å²) in [7, 11) is -3.10. The van der Waals surface area contributed by atoms with E-state index in [1.165, 1.54) is 6.26 Å². The van der Waals surface area contributed by atoms with Crippen LogP contribution in [0.1, 0.15) is 0 Å². The Morgan fingerprint density at radius 3 is 1.88 bits per heavy atom. The van der Waals surface area contributed by atoms with Gasteiger partial charge in [-0.15, -0.1) is 0 Å². The van der Waals surface area contributed by atoms with E-state index in [4.69, 9.17) is 0 Å². The normalized spacial score (nSPS) is 11.4. The summed E-state index contributed by atoms with van der Waals surface area (Å²) in [5, 5.41) is 0. The van der Waals surface area contributed by atoms with Crippen LogP contribution in [0.2, 0.25) is 0 Å². The van der Waals surface area contributed by atoms with Crippen LogP contribution in [-0.4, -0.2) is 14.7 Å². The second-order valence-corrected chi connectivity index (χ2v) is 6.82. The van der Waals surface area contributed by atoms with E-state index in [-0.39, 0.29) is 0 Å². The Bertz CT molecular complexity index is 587. The third-order valence-electron chi connectivity index (χ3n) is 2.23. The Labute approximate surface area is 106 Å². The fourth-order valence-electron chi connectivity index (χ4n) is 1.38. The summed E-state index contributed by atoms with van der Waals surface area (Å²) in [6.45, 7) is 0. The van der Waals surface area contributed by atoms with Crippen LogP contribution >= 0.6 is 11.8 Å². The maximum absolute atomic E-state index is 11.3. The molecule has 0 aromatic heterocycles. The molecule has 0 N–H and O–H groups in total. The number of benzene rings is 2. The molecule has 0 aliphatic rings. The van der Waals surface area contributed by atoms with Gasteiger partial charge in [-0.05, 0) is 36.4 Å². The minimum Gasteiger partial charge on any atom is -0.224 e. The van der Waals surface area contributed by atoms with Gasteiger partial charge in [0, 0.05) is 16.0 Å². The number of hydrogen-bond acceptors (Lipinski definition) is 3. The third-order valence-corrected chi connectivity index (χ3v) is 4.37. The van der Waals surface area contributed by atoms with Gasteiger partial charge in [0.05, 0.1) is 4.90 Å². The Morgan fingerprint density at radius 2 is 1.35 bits per heavy atom. The maximum Gasteiger partial charge on any atom is 0.175 e. The van der Waals surface area contributed by atoms with Crippen molar-refractivity contribution in [3.63, 3.8) is 0 Å². The molecule has 2 nitrogen and oxygen atoms in total. The minimum absolute atomic E-state index is 0.356. The Kier molecular flexibility index (Phi) is 3.54. The highest BCUT2D eigenvalue weighted by Crippen LogP contribution is 2.27. The second kappa shape index (κ2) is 4.94. The number of sulfone groups is 1. The predicted octanol–water partition coefficient (Wildman–Crippen LogP) is 3.24. The lowest BCUT2D eigenvalue weighted by atomic mass is 10.4. The third kappa shape index (κ3) is 3.35. The highest BCUT2D eigenvalue weighted by atomic mass is 32.2. The molecule has 17 heavy (non-hydrogen) atoms. The molecule has 0 saturated carbocycles. The molecule has 0 spiro atoms. The van der Waals surface area contributed by atoms with Crippen molar-refractivity contribution in [1.29, 1.82) is 0 Å². The van der Waals surface area contributed by atoms with Gasteiger partial charge < -0.3 is 0 Å². The average molecular weight is 264 g/mol. The Balaban J connectivity index is 2.20. The van der Waals surface area contributed by atoms with Gasteiger partial charge in [0.15, 0.2) is 9.84 Å². The van der Waals surface area contributed by atoms with E-state index in [1.54, 1.807) is 23.9 Å². The standard InChI is InChI=1S/C13H12O2S2/c1-17(14,15)13-9-7-12(8-10-13)16-11-5-3-2-4-6-11/h2-10H,1H3. The summed E-state index contributed by atoms with van der Waals surface area (Å²) in [4.78, 5) is 2.53. The fraction of sp³-hybridized carbons (Fsp3) is 0.0769. The molecule has 0 radical (unpaired) electrons. The molecule has 0 heterocycles. The summed E-state index contributed by atoms with van der Waals surface area (Å²) in [6, 6.07) is 16.9. The van der Waals surface area contributed by atoms with Crippen LogP contribution in [0.15, 0.2) is 69.3 Å². The summed E-state index contributed by atoms with van der Waals surface area (Å²) in [6.07, 6.45) is 1.21. The molecule has 2 aromatic carbocycles. The first-order chi connectivity index (χ1) is 8.05. The van der Waals surface area contributed by atoms with Crippen LogP contribution in [0.25, 0.3) is 0 Å². The molecule has 0 aliphatic heterocycles. The predicted molar refractivity (Wildman–Crippen MR) is 70.1 cm³/mol. The van der Waals surface area contributed by atoms with Gasteiger partial charge in [0.1, 0.15) is 0 Å². The average Bonchev–Trinajstić information content (AvgIpc) is 2.30. The van der Waals surface area contributed by atoms with Gasteiger partial charge in [-0.3, -0.25) is 0 Å². The molecule has 88 valence electrons. The van der Waals surface area contributed by atoms with Gasteiger partial charge in [-0.1, -0.05) is 30.0 Å². The zero-order chi connectivity index (χ0) is 12.3. The van der Waals surface area contributed by atoms with Gasteiger partial charge in [0.2, 0.25) is 0 Å². The lowest BCUT2D eigenvalue weighted by molar-refractivity contribution is 0.602. The van der Waals surface area contributed by atoms with Gasteiger partial charge in [-0.2, -0.15) is 0 Å². The van der Waals surface area contributed by atoms with Crippen LogP contribution in [0, 0.1) is 0 Å². The Hall–Kier alpha value is -1.26. The summed E-state index contributed by atoms with van der Waals surface area (Å²) < 4.78 is 22.6. The van der Waals surface area contributed by atoms with Crippen molar-refractivity contribution >= 4 is 21.6 Å². The smallest absolute Gasteiger partial charge is 0.175 e. The molecule has 0 bridgehead atoms. The van der Waals surface area contributed by atoms with E-state index in [9.17, 15) is 8.42 Å². The largest absolute Gasteiger partial charge is 0.224 e. The lowest BCUT2D eigenvalue weighted by Crippen LogP contribution is -1.95. The minimum atomic E-state index is -3.10. The van der Waals surface area contributed by atoms with Crippen molar-refractivity contribution in [2.24, 2.45) is 0 Å². The van der Waals surface area contributed by atoms with E-state index >= 15 is 0 Å². The first-order valence-electron chi connectivity index (χ1n) is 5.09. The van der Waals surface area contributed by atoms with Gasteiger partial charge in [0.25, 0.3) is 0 Å². The van der Waals surface area contributed by atoms with E-state index in [0.717, 1.165) is 9.79 Å². The topological polar surface area (TPSA) is 34.1 Å². The lowest BCUT2D eigenvalue weighted by Gasteiger charge is -2.02. The molecule has 0 atom stereocenters. The molecule has 0 aliphatic carbocycles. The van der Waals surface area contributed by atoms with Crippen molar-refractivity contribution in [3.05, 3.63) is 54.6 Å². The van der Waals surface area contributed by atoms with E-state index in [0.29, 0.717) is 4.90 Å². The number of hydrogen-bond donors (Lipinski definition) is 0. The molecule has 0 amide bonds. The SMILES string of the molecule is CS(=O)(=O)c1ccc(Sc2ccccc2)cc1. The van der Waals surface area contributed by atoms with Crippen molar-refractivity contribution in [3.8, 4) is 0 Å². The zero-order valence-electron chi connectivity index (χ0n) is 9.33. The Morgan fingerprint density at radius 1 is 0.824 bits per heavy atom. The molecular weight excluding hydrogens is 252 g/mol. The van der Waals surface area contributed by atoms with Crippen molar-refractivity contribution in [2.75, 3.05) is 6.26 Å². The summed E-state index contributed by atoms with van der Waals surface area (Å²) in [5.74, 6) is 0. The summed E-state index contributed by atoms with van der Waals surface area (Å²) in [5.41, 5.74) is 0. The molecule has 0 unspecified atom stereocenters. The van der Waals surface area contributed by atoms with Crippen molar-refractivity contribution in [1.82, 2.24) is 0 Å². The maximum atomic E-state index is 11.3. The van der Waals surface area contributed by atoms with Gasteiger partial charge >= 0.3 is 0 Å². The highest BCUT2D eigenvalue weighted by Gasteiger charge is 2.06. The van der Waals surface area contributed by atoms with Crippen LogP contribution in [0.4, 0.5) is 0 Å². The molecule has 2 rings (SSSR count). The van der Waals surface area contributed by atoms with Crippen LogP contribution in [0.5, 0.6) is 0 Å².